The SMILES string of the molecule is Cc1cc(C)cc(C)c1.N=C(c1ccccc1)N1C(=N)C(Cc2[nH]nc3ccccc23)C(=O)N(CC(=O)N2CCCCC2)c2ccccc21. The van der Waals surface area contributed by atoms with E-state index in [-0.39, 0.29) is 36.5 Å². The van der Waals surface area contributed by atoms with Crippen molar-refractivity contribution in [3.05, 3.63) is 125 Å². The highest BCUT2D eigenvalue weighted by atomic mass is 16.2. The van der Waals surface area contributed by atoms with E-state index in [2.05, 4.69) is 49.2 Å². The van der Waals surface area contributed by atoms with Crippen molar-refractivity contribution >= 4 is 45.8 Å². The number of piperidine rings is 1. The smallest absolute Gasteiger partial charge is 0.242 e. The Bertz CT molecular complexity index is 1940. The minimum absolute atomic E-state index is 0.0158. The maximum atomic E-state index is 14.4. The van der Waals surface area contributed by atoms with Gasteiger partial charge in [0.05, 0.1) is 16.9 Å². The molecular weight excluding hydrogens is 610 g/mol. The van der Waals surface area contributed by atoms with E-state index in [1.165, 1.54) is 26.5 Å². The van der Waals surface area contributed by atoms with Crippen LogP contribution in [0.1, 0.15) is 47.2 Å². The van der Waals surface area contributed by atoms with Gasteiger partial charge in [-0.25, -0.2) is 0 Å². The van der Waals surface area contributed by atoms with E-state index in [1.54, 1.807) is 12.1 Å². The number of aromatic nitrogens is 2. The second-order valence-electron chi connectivity index (χ2n) is 12.9. The summed E-state index contributed by atoms with van der Waals surface area (Å²) in [5.74, 6) is -1.32. The van der Waals surface area contributed by atoms with Gasteiger partial charge in [0.15, 0.2) is 0 Å². The summed E-state index contributed by atoms with van der Waals surface area (Å²) >= 11 is 0. The predicted octanol–water partition coefficient (Wildman–Crippen LogP) is 7.20. The van der Waals surface area contributed by atoms with E-state index >= 15 is 0 Å². The van der Waals surface area contributed by atoms with Gasteiger partial charge in [0.25, 0.3) is 0 Å². The quantitative estimate of drug-likeness (QED) is 0.137. The number of hydrogen-bond donors (Lipinski definition) is 3. The third kappa shape index (κ3) is 7.31. The van der Waals surface area contributed by atoms with E-state index in [0.29, 0.717) is 30.0 Å². The number of benzene rings is 4. The van der Waals surface area contributed by atoms with Crippen molar-refractivity contribution in [2.45, 2.75) is 46.5 Å². The molecule has 2 aliphatic rings. The monoisotopic (exact) mass is 653 g/mol. The fourth-order valence-corrected chi connectivity index (χ4v) is 6.86. The number of H-pyrrole nitrogens is 1. The summed E-state index contributed by atoms with van der Waals surface area (Å²) in [4.78, 5) is 32.7. The van der Waals surface area contributed by atoms with Crippen LogP contribution in [0.5, 0.6) is 0 Å². The van der Waals surface area contributed by atoms with E-state index in [4.69, 9.17) is 5.41 Å². The molecule has 1 atom stereocenters. The second-order valence-corrected chi connectivity index (χ2v) is 12.9. The molecule has 0 spiro atoms. The van der Waals surface area contributed by atoms with Crippen LogP contribution >= 0.6 is 0 Å². The Hall–Kier alpha value is -5.57. The van der Waals surface area contributed by atoms with Crippen molar-refractivity contribution in [3.63, 3.8) is 0 Å². The number of para-hydroxylation sites is 3. The first-order valence-corrected chi connectivity index (χ1v) is 16.9. The third-order valence-corrected chi connectivity index (χ3v) is 9.14. The molecule has 9 heteroatoms. The number of fused-ring (bicyclic) bond motifs is 2. The number of anilines is 2. The number of aryl methyl sites for hydroxylation is 3. The minimum Gasteiger partial charge on any atom is -0.341 e. The Labute approximate surface area is 287 Å². The van der Waals surface area contributed by atoms with E-state index in [1.807, 2.05) is 71.6 Å². The molecule has 0 radical (unpaired) electrons. The number of nitrogens with zero attached hydrogens (tertiary/aromatic N) is 4. The molecule has 5 aromatic rings. The number of amidine groups is 2. The van der Waals surface area contributed by atoms with Gasteiger partial charge < -0.3 is 9.80 Å². The molecule has 0 aliphatic carbocycles. The molecule has 0 saturated carbocycles. The van der Waals surface area contributed by atoms with Crippen molar-refractivity contribution in [2.24, 2.45) is 5.92 Å². The van der Waals surface area contributed by atoms with Gasteiger partial charge in [-0.05, 0) is 58.2 Å². The zero-order valence-electron chi connectivity index (χ0n) is 28.4. The number of likely N-dealkylation sites (tertiary alicyclic amines) is 1. The van der Waals surface area contributed by atoms with E-state index in [9.17, 15) is 15.0 Å². The topological polar surface area (TPSA) is 120 Å². The van der Waals surface area contributed by atoms with Crippen LogP contribution in [0, 0.1) is 37.5 Å². The summed E-state index contributed by atoms with van der Waals surface area (Å²) in [6.45, 7) is 7.63. The summed E-state index contributed by atoms with van der Waals surface area (Å²) in [6, 6.07) is 30.7. The van der Waals surface area contributed by atoms with E-state index in [0.717, 1.165) is 35.9 Å². The average Bonchev–Trinajstić information content (AvgIpc) is 3.49. The normalized spacial score (nSPS) is 16.1. The highest BCUT2D eigenvalue weighted by Crippen LogP contribution is 2.37. The summed E-state index contributed by atoms with van der Waals surface area (Å²) < 4.78 is 0. The van der Waals surface area contributed by atoms with Crippen LogP contribution in [0.4, 0.5) is 11.4 Å². The largest absolute Gasteiger partial charge is 0.341 e. The highest BCUT2D eigenvalue weighted by Gasteiger charge is 2.41. The van der Waals surface area contributed by atoms with E-state index < -0.39 is 5.92 Å². The molecule has 49 heavy (non-hydrogen) atoms. The first-order valence-electron chi connectivity index (χ1n) is 16.9. The standard InChI is InChI=1S/C31H31N7O2.C9H12/c32-29(21-11-3-1-4-12-21)38-27-16-8-7-15-26(27)37(20-28(39)36-17-9-2-10-18-36)31(40)23(30(38)33)19-25-22-13-5-6-14-24(22)34-35-25;1-7-4-8(2)6-9(3)5-7/h1,3-8,11-16,23,32-33H,2,9-10,17-20H2,(H,34,35);4-6H,1-3H3. The highest BCUT2D eigenvalue weighted by molar-refractivity contribution is 6.31. The molecule has 4 aromatic carbocycles. The van der Waals surface area contributed by atoms with Gasteiger partial charge in [-0.1, -0.05) is 95.6 Å². The maximum Gasteiger partial charge on any atom is 0.242 e. The van der Waals surface area contributed by atoms with Crippen LogP contribution in [-0.2, 0) is 16.0 Å². The molecule has 7 rings (SSSR count). The van der Waals surface area contributed by atoms with Crippen molar-refractivity contribution < 1.29 is 9.59 Å². The summed E-state index contributed by atoms with van der Waals surface area (Å²) in [5.41, 5.74) is 7.24. The molecule has 250 valence electrons. The molecule has 1 unspecified atom stereocenters. The third-order valence-electron chi connectivity index (χ3n) is 9.14. The van der Waals surface area contributed by atoms with Gasteiger partial charge in [-0.2, -0.15) is 5.10 Å². The van der Waals surface area contributed by atoms with Crippen LogP contribution in [-0.4, -0.2) is 58.2 Å². The van der Waals surface area contributed by atoms with Gasteiger partial charge in [-0.3, -0.25) is 30.4 Å². The van der Waals surface area contributed by atoms with Gasteiger partial charge in [0.1, 0.15) is 24.1 Å². The number of carbonyl (C=O) groups is 2. The lowest BCUT2D eigenvalue weighted by Crippen LogP contribution is -2.48. The van der Waals surface area contributed by atoms with Crippen LogP contribution in [0.2, 0.25) is 0 Å². The van der Waals surface area contributed by atoms with Crippen LogP contribution in [0.3, 0.4) is 0 Å². The molecule has 0 bridgehead atoms. The Morgan fingerprint density at radius 1 is 0.816 bits per heavy atom. The Morgan fingerprint density at radius 3 is 2.08 bits per heavy atom. The maximum absolute atomic E-state index is 14.4. The molecular formula is C40H43N7O2. The van der Waals surface area contributed by atoms with Gasteiger partial charge in [0.2, 0.25) is 11.8 Å². The lowest BCUT2D eigenvalue weighted by atomic mass is 9.97. The van der Waals surface area contributed by atoms with Crippen molar-refractivity contribution in [3.8, 4) is 0 Å². The van der Waals surface area contributed by atoms with Gasteiger partial charge >= 0.3 is 0 Å². The summed E-state index contributed by atoms with van der Waals surface area (Å²) in [6.07, 6.45) is 3.19. The molecule has 2 aliphatic heterocycles. The molecule has 1 aromatic heterocycles. The zero-order chi connectivity index (χ0) is 34.5. The number of nitrogens with one attached hydrogen (secondary N) is 3. The van der Waals surface area contributed by atoms with Gasteiger partial charge in [-0.15, -0.1) is 0 Å². The van der Waals surface area contributed by atoms with Crippen LogP contribution in [0.25, 0.3) is 10.9 Å². The second kappa shape index (κ2) is 14.7. The number of rotatable bonds is 5. The summed E-state index contributed by atoms with van der Waals surface area (Å²) in [7, 11) is 0. The van der Waals surface area contributed by atoms with Crippen molar-refractivity contribution in [1.29, 1.82) is 10.8 Å². The van der Waals surface area contributed by atoms with Crippen LogP contribution < -0.4 is 9.80 Å². The molecule has 1 fully saturated rings. The molecule has 3 heterocycles. The molecule has 1 saturated heterocycles. The van der Waals surface area contributed by atoms with Crippen molar-refractivity contribution in [1.82, 2.24) is 15.1 Å². The van der Waals surface area contributed by atoms with Crippen molar-refractivity contribution in [2.75, 3.05) is 29.4 Å². The molecule has 3 N–H and O–H groups in total. The predicted molar refractivity (Wildman–Crippen MR) is 197 cm³/mol. The molecule has 9 nitrogen and oxygen atoms in total. The lowest BCUT2D eigenvalue weighted by molar-refractivity contribution is -0.132. The zero-order valence-corrected chi connectivity index (χ0v) is 28.4. The fraction of sp³-hybridized carbons (Fsp3) is 0.275. The molecule has 2 amide bonds. The average molecular weight is 654 g/mol. The van der Waals surface area contributed by atoms with Crippen LogP contribution in [0.15, 0.2) is 97.1 Å². The van der Waals surface area contributed by atoms with Gasteiger partial charge in [0, 0.05) is 36.2 Å². The number of amides is 2. The first kappa shape index (κ1) is 33.3. The number of carbonyl (C=O) groups excluding carboxylic acids is 2. The fourth-order valence-electron chi connectivity index (χ4n) is 6.86. The summed E-state index contributed by atoms with van der Waals surface area (Å²) in [5, 5.41) is 26.9. The number of hydrogen-bond acceptors (Lipinski definition) is 5. The Morgan fingerprint density at radius 2 is 1.41 bits per heavy atom. The first-order chi connectivity index (χ1) is 23.7. The Balaban J connectivity index is 0.000000403. The lowest BCUT2D eigenvalue weighted by Gasteiger charge is -2.30. The Kier molecular flexibility index (Phi) is 9.99. The number of aromatic amines is 1. The minimum atomic E-state index is -0.950.